The SMILES string of the molecule is CC(C)Nc1cc(-n2ncc3cc(C#N)cnc32)ncc1-c1cn(C2CCN(C(=O)O)CC2F)nn1. The first-order valence-electron chi connectivity index (χ1n) is 11.4. The normalized spacial score (nSPS) is 17.9. The first kappa shape index (κ1) is 23.2. The number of nitrogens with one attached hydrogen (secondary N) is 1. The largest absolute Gasteiger partial charge is 0.465 e. The Morgan fingerprint density at radius 3 is 2.83 bits per heavy atom. The van der Waals surface area contributed by atoms with Crippen LogP contribution < -0.4 is 5.32 Å². The maximum atomic E-state index is 14.7. The Hall–Kier alpha value is -4.60. The molecule has 0 radical (unpaired) electrons. The number of carboxylic acid groups (broad SMARTS) is 1. The lowest BCUT2D eigenvalue weighted by atomic mass is 10.0. The van der Waals surface area contributed by atoms with Gasteiger partial charge in [-0.2, -0.15) is 15.0 Å². The van der Waals surface area contributed by atoms with Crippen molar-refractivity contribution in [3.8, 4) is 23.1 Å². The van der Waals surface area contributed by atoms with E-state index in [-0.39, 0.29) is 19.1 Å². The second kappa shape index (κ2) is 9.21. The molecule has 1 saturated heterocycles. The molecule has 2 atom stereocenters. The van der Waals surface area contributed by atoms with Crippen LogP contribution in [0.1, 0.15) is 31.9 Å². The molecule has 1 amide bonds. The van der Waals surface area contributed by atoms with Gasteiger partial charge in [0.15, 0.2) is 11.5 Å². The molecule has 4 aromatic rings. The van der Waals surface area contributed by atoms with Gasteiger partial charge >= 0.3 is 6.09 Å². The molecule has 0 bridgehead atoms. The minimum absolute atomic E-state index is 0.0929. The summed E-state index contributed by atoms with van der Waals surface area (Å²) in [6, 6.07) is 5.10. The number of rotatable bonds is 5. The Morgan fingerprint density at radius 2 is 2.11 bits per heavy atom. The second-order valence-electron chi connectivity index (χ2n) is 8.88. The van der Waals surface area contributed by atoms with Crippen LogP contribution in [-0.2, 0) is 0 Å². The monoisotopic (exact) mass is 490 g/mol. The summed E-state index contributed by atoms with van der Waals surface area (Å²) in [7, 11) is 0. The van der Waals surface area contributed by atoms with Gasteiger partial charge in [-0.15, -0.1) is 5.10 Å². The fourth-order valence-corrected chi connectivity index (χ4v) is 4.27. The number of likely N-dealkylation sites (tertiary alicyclic amines) is 1. The van der Waals surface area contributed by atoms with Crippen LogP contribution in [0.3, 0.4) is 0 Å². The summed E-state index contributed by atoms with van der Waals surface area (Å²) < 4.78 is 17.8. The number of hydrogen-bond acceptors (Lipinski definition) is 8. The van der Waals surface area contributed by atoms with Crippen LogP contribution in [0, 0.1) is 11.3 Å². The highest BCUT2D eigenvalue weighted by Crippen LogP contribution is 2.31. The molecule has 12 nitrogen and oxygen atoms in total. The topological polar surface area (TPSA) is 151 Å². The number of amides is 1. The third-order valence-electron chi connectivity index (χ3n) is 5.99. The van der Waals surface area contributed by atoms with Crippen molar-refractivity contribution in [2.24, 2.45) is 0 Å². The third kappa shape index (κ3) is 4.28. The van der Waals surface area contributed by atoms with Crippen molar-refractivity contribution in [3.63, 3.8) is 0 Å². The molecule has 1 fully saturated rings. The molecule has 4 aromatic heterocycles. The number of nitriles is 1. The van der Waals surface area contributed by atoms with Gasteiger partial charge in [0.2, 0.25) is 0 Å². The lowest BCUT2D eigenvalue weighted by molar-refractivity contribution is 0.0748. The fraction of sp³-hybridized carbons (Fsp3) is 0.348. The Labute approximate surface area is 205 Å². The van der Waals surface area contributed by atoms with E-state index >= 15 is 0 Å². The van der Waals surface area contributed by atoms with Gasteiger partial charge in [0.1, 0.15) is 17.9 Å². The average Bonchev–Trinajstić information content (AvgIpc) is 3.50. The Bertz CT molecular complexity index is 1470. The van der Waals surface area contributed by atoms with E-state index in [0.29, 0.717) is 34.7 Å². The van der Waals surface area contributed by atoms with E-state index in [1.807, 2.05) is 19.9 Å². The van der Waals surface area contributed by atoms with Crippen LogP contribution >= 0.6 is 0 Å². The fourth-order valence-electron chi connectivity index (χ4n) is 4.27. The van der Waals surface area contributed by atoms with Crippen LogP contribution in [0.25, 0.3) is 28.1 Å². The van der Waals surface area contributed by atoms with Crippen molar-refractivity contribution in [1.29, 1.82) is 5.26 Å². The third-order valence-corrected chi connectivity index (χ3v) is 5.99. The number of alkyl halides is 1. The number of anilines is 1. The molecule has 0 aromatic carbocycles. The zero-order valence-corrected chi connectivity index (χ0v) is 19.6. The van der Waals surface area contributed by atoms with Crippen molar-refractivity contribution in [2.75, 3.05) is 18.4 Å². The molecule has 2 N–H and O–H groups in total. The van der Waals surface area contributed by atoms with Gasteiger partial charge in [0, 0.05) is 47.7 Å². The number of fused-ring (bicyclic) bond motifs is 1. The summed E-state index contributed by atoms with van der Waals surface area (Å²) in [5, 5.41) is 35.1. The number of carbonyl (C=O) groups is 1. The van der Waals surface area contributed by atoms with E-state index in [9.17, 15) is 9.18 Å². The van der Waals surface area contributed by atoms with Crippen LogP contribution in [0.4, 0.5) is 14.9 Å². The van der Waals surface area contributed by atoms with Gasteiger partial charge in [-0.3, -0.25) is 0 Å². The summed E-state index contributed by atoms with van der Waals surface area (Å²) in [5.74, 6) is 0.520. The van der Waals surface area contributed by atoms with Crippen LogP contribution in [0.15, 0.2) is 36.9 Å². The Morgan fingerprint density at radius 1 is 1.28 bits per heavy atom. The predicted molar refractivity (Wildman–Crippen MR) is 127 cm³/mol. The highest BCUT2D eigenvalue weighted by molar-refractivity contribution is 5.79. The Balaban J connectivity index is 1.47. The zero-order valence-electron chi connectivity index (χ0n) is 19.6. The van der Waals surface area contributed by atoms with Gasteiger partial charge in [-0.1, -0.05) is 5.21 Å². The van der Waals surface area contributed by atoms with Gasteiger partial charge in [0.25, 0.3) is 0 Å². The van der Waals surface area contributed by atoms with Crippen LogP contribution in [0.2, 0.25) is 0 Å². The summed E-state index contributed by atoms with van der Waals surface area (Å²) in [5.41, 5.74) is 2.93. The van der Waals surface area contributed by atoms with Crippen LogP contribution in [-0.4, -0.2) is 76.1 Å². The first-order chi connectivity index (χ1) is 17.3. The van der Waals surface area contributed by atoms with Crippen molar-refractivity contribution in [2.45, 2.75) is 38.5 Å². The molecule has 2 unspecified atom stereocenters. The van der Waals surface area contributed by atoms with E-state index in [1.165, 1.54) is 10.9 Å². The molecule has 1 aliphatic heterocycles. The molecule has 13 heteroatoms. The highest BCUT2D eigenvalue weighted by atomic mass is 19.1. The average molecular weight is 491 g/mol. The maximum absolute atomic E-state index is 14.7. The number of piperidine rings is 1. The van der Waals surface area contributed by atoms with Gasteiger partial charge < -0.3 is 15.3 Å². The van der Waals surface area contributed by atoms with E-state index in [0.717, 1.165) is 16.0 Å². The predicted octanol–water partition coefficient (Wildman–Crippen LogP) is 3.03. The van der Waals surface area contributed by atoms with E-state index in [4.69, 9.17) is 10.4 Å². The molecule has 0 spiro atoms. The maximum Gasteiger partial charge on any atom is 0.407 e. The van der Waals surface area contributed by atoms with Gasteiger partial charge in [-0.25, -0.2) is 23.8 Å². The standard InChI is InChI=1S/C23H23FN10O2/c1-13(2)29-18-6-21(34-22-15(9-28-34)5-14(7-25)8-27-22)26-10-16(18)19-12-33(31-30-19)20-3-4-32(23(35)36)11-17(20)24/h5-6,8-10,12-13,17,20H,3-4,11H2,1-2H3,(H,26,29)(H,35,36). The first-order valence-corrected chi connectivity index (χ1v) is 11.4. The molecule has 36 heavy (non-hydrogen) atoms. The molecule has 5 rings (SSSR count). The van der Waals surface area contributed by atoms with E-state index in [2.05, 4.69) is 36.8 Å². The lowest BCUT2D eigenvalue weighted by Crippen LogP contribution is -2.45. The zero-order chi connectivity index (χ0) is 25.4. The van der Waals surface area contributed by atoms with E-state index < -0.39 is 18.3 Å². The minimum Gasteiger partial charge on any atom is -0.465 e. The highest BCUT2D eigenvalue weighted by Gasteiger charge is 2.33. The lowest BCUT2D eigenvalue weighted by Gasteiger charge is -2.32. The van der Waals surface area contributed by atoms with E-state index in [1.54, 1.807) is 29.3 Å². The number of halogens is 1. The quantitative estimate of drug-likeness (QED) is 0.430. The van der Waals surface area contributed by atoms with Crippen molar-refractivity contribution in [1.82, 2.24) is 39.6 Å². The van der Waals surface area contributed by atoms with Gasteiger partial charge in [0.05, 0.1) is 30.5 Å². The summed E-state index contributed by atoms with van der Waals surface area (Å²) in [6.45, 7) is 4.03. The number of aromatic nitrogens is 7. The van der Waals surface area contributed by atoms with Crippen molar-refractivity contribution in [3.05, 3.63) is 42.5 Å². The second-order valence-corrected chi connectivity index (χ2v) is 8.88. The molecule has 184 valence electrons. The number of nitrogens with zero attached hydrogens (tertiary/aromatic N) is 9. The van der Waals surface area contributed by atoms with Gasteiger partial charge in [-0.05, 0) is 26.3 Å². The molecule has 0 aliphatic carbocycles. The summed E-state index contributed by atoms with van der Waals surface area (Å²) in [6.07, 6.45) is 4.20. The molecule has 0 saturated carbocycles. The molecule has 1 aliphatic rings. The Kier molecular flexibility index (Phi) is 5.93. The smallest absolute Gasteiger partial charge is 0.407 e. The number of pyridine rings is 2. The summed E-state index contributed by atoms with van der Waals surface area (Å²) in [4.78, 5) is 21.1. The summed E-state index contributed by atoms with van der Waals surface area (Å²) >= 11 is 0. The van der Waals surface area contributed by atoms with Crippen molar-refractivity contribution < 1.29 is 14.3 Å². The molecular weight excluding hydrogens is 467 g/mol. The molecular formula is C23H23FN10O2. The number of hydrogen-bond donors (Lipinski definition) is 2. The molecule has 5 heterocycles. The van der Waals surface area contributed by atoms with Crippen LogP contribution in [0.5, 0.6) is 0 Å². The minimum atomic E-state index is -1.39. The van der Waals surface area contributed by atoms with Crippen molar-refractivity contribution >= 4 is 22.8 Å².